The number of nitrogens with zero attached hydrogens (tertiary/aromatic N) is 5. The van der Waals surface area contributed by atoms with Crippen molar-refractivity contribution in [2.75, 3.05) is 0 Å². The van der Waals surface area contributed by atoms with Gasteiger partial charge in [0.25, 0.3) is 0 Å². The van der Waals surface area contributed by atoms with E-state index < -0.39 is 11.2 Å². The van der Waals surface area contributed by atoms with Crippen molar-refractivity contribution in [1.29, 1.82) is 0 Å². The Morgan fingerprint density at radius 1 is 1.41 bits per heavy atom. The Morgan fingerprint density at radius 2 is 2.12 bits per heavy atom. The topological polar surface area (TPSA) is 82.5 Å². The normalized spacial score (nSPS) is 11.7. The molecule has 17 heavy (non-hydrogen) atoms. The summed E-state index contributed by atoms with van der Waals surface area (Å²) in [4.78, 5) is 3.66. The van der Waals surface area contributed by atoms with Crippen molar-refractivity contribution in [2.24, 2.45) is 5.73 Å². The van der Waals surface area contributed by atoms with Gasteiger partial charge < -0.3 is 5.73 Å². The molecule has 2 aromatic rings. The van der Waals surface area contributed by atoms with Crippen LogP contribution in [0, 0.1) is 0 Å². The van der Waals surface area contributed by atoms with E-state index in [0.717, 1.165) is 11.0 Å². The molecule has 90 valence electrons. The largest absolute Gasteiger partial charge is 0.445 e. The number of rotatable bonds is 2. The van der Waals surface area contributed by atoms with E-state index in [4.69, 9.17) is 5.73 Å². The minimum atomic E-state index is -4.53. The van der Waals surface area contributed by atoms with Crippen LogP contribution in [0.3, 0.4) is 0 Å². The molecule has 0 aliphatic rings. The number of hydrogen-bond acceptors (Lipinski definition) is 6. The monoisotopic (exact) mass is 280 g/mol. The van der Waals surface area contributed by atoms with E-state index in [1.165, 1.54) is 0 Å². The molecule has 0 aliphatic carbocycles. The fourth-order valence-electron chi connectivity index (χ4n) is 0.891. The molecule has 0 bridgehead atoms. The first-order chi connectivity index (χ1) is 7.88. The summed E-state index contributed by atoms with van der Waals surface area (Å²) in [7, 11) is 0. The third-order valence-electron chi connectivity index (χ3n) is 1.57. The number of alkyl halides is 3. The maximum atomic E-state index is 12.3. The van der Waals surface area contributed by atoms with Gasteiger partial charge in [0.1, 0.15) is 11.3 Å². The third kappa shape index (κ3) is 2.39. The molecule has 2 N–H and O–H groups in total. The highest BCUT2D eigenvalue weighted by Gasteiger charge is 2.36. The van der Waals surface area contributed by atoms with Gasteiger partial charge in [0, 0.05) is 0 Å². The van der Waals surface area contributed by atoms with E-state index in [-0.39, 0.29) is 15.9 Å². The standard InChI is InChI=1S/C6H3F3N6S2/c7-6(8,9)4-12-13-5(17-4)15-1-11-3(14-15)2(10)16/h1H,(H2,10,16). The minimum Gasteiger partial charge on any atom is -0.387 e. The zero-order valence-electron chi connectivity index (χ0n) is 7.84. The highest BCUT2D eigenvalue weighted by atomic mass is 32.1. The molecule has 2 aromatic heterocycles. The van der Waals surface area contributed by atoms with Crippen molar-refractivity contribution < 1.29 is 13.2 Å². The predicted molar refractivity (Wildman–Crippen MR) is 55.7 cm³/mol. The minimum absolute atomic E-state index is 0.0516. The summed E-state index contributed by atoms with van der Waals surface area (Å²) in [5.74, 6) is 0.0590. The summed E-state index contributed by atoms with van der Waals surface area (Å²) in [5, 5.41) is 9.00. The molecule has 0 radical (unpaired) electrons. The van der Waals surface area contributed by atoms with Crippen molar-refractivity contribution in [1.82, 2.24) is 25.0 Å². The van der Waals surface area contributed by atoms with E-state index in [2.05, 4.69) is 32.5 Å². The molecule has 0 unspecified atom stereocenters. The van der Waals surface area contributed by atoms with E-state index in [1.54, 1.807) is 0 Å². The molecule has 6 nitrogen and oxygen atoms in total. The number of hydrogen-bond donors (Lipinski definition) is 1. The Morgan fingerprint density at radius 3 is 2.59 bits per heavy atom. The summed E-state index contributed by atoms with van der Waals surface area (Å²) < 4.78 is 37.8. The molecule has 2 heterocycles. The van der Waals surface area contributed by atoms with Crippen LogP contribution in [0.4, 0.5) is 13.2 Å². The van der Waals surface area contributed by atoms with Crippen LogP contribution in [-0.4, -0.2) is 30.0 Å². The third-order valence-corrected chi connectivity index (χ3v) is 2.71. The summed E-state index contributed by atoms with van der Waals surface area (Å²) in [5.41, 5.74) is 5.26. The first-order valence-corrected chi connectivity index (χ1v) is 5.23. The lowest BCUT2D eigenvalue weighted by Crippen LogP contribution is -2.12. The smallest absolute Gasteiger partial charge is 0.387 e. The first kappa shape index (κ1) is 11.9. The molecular formula is C6H3F3N6S2. The average Bonchev–Trinajstić information content (AvgIpc) is 2.85. The van der Waals surface area contributed by atoms with Crippen LogP contribution >= 0.6 is 23.6 Å². The van der Waals surface area contributed by atoms with Gasteiger partial charge >= 0.3 is 6.18 Å². The second kappa shape index (κ2) is 4.00. The van der Waals surface area contributed by atoms with Gasteiger partial charge in [-0.1, -0.05) is 23.6 Å². The highest BCUT2D eigenvalue weighted by molar-refractivity contribution is 7.80. The van der Waals surface area contributed by atoms with Crippen LogP contribution in [0.5, 0.6) is 0 Å². The van der Waals surface area contributed by atoms with Gasteiger partial charge in [0.05, 0.1) is 0 Å². The van der Waals surface area contributed by atoms with Gasteiger partial charge in [-0.3, -0.25) is 0 Å². The number of thiocarbonyl (C=S) groups is 1. The Balaban J connectivity index is 2.34. The zero-order valence-corrected chi connectivity index (χ0v) is 9.47. The lowest BCUT2D eigenvalue weighted by molar-refractivity contribution is -0.138. The summed E-state index contributed by atoms with van der Waals surface area (Å²) in [6, 6.07) is 0. The Kier molecular flexibility index (Phi) is 2.79. The molecule has 0 amide bonds. The fraction of sp³-hybridized carbons (Fsp3) is 0.167. The second-order valence-corrected chi connectivity index (χ2v) is 4.16. The lowest BCUT2D eigenvalue weighted by atomic mass is 10.6. The quantitative estimate of drug-likeness (QED) is 0.818. The second-order valence-electron chi connectivity index (χ2n) is 2.76. The van der Waals surface area contributed by atoms with Gasteiger partial charge in [-0.25, -0.2) is 4.98 Å². The van der Waals surface area contributed by atoms with E-state index in [0.29, 0.717) is 11.3 Å². The van der Waals surface area contributed by atoms with Crippen LogP contribution < -0.4 is 5.73 Å². The molecule has 0 saturated carbocycles. The fourth-order valence-corrected chi connectivity index (χ4v) is 1.62. The molecule has 0 spiro atoms. The van der Waals surface area contributed by atoms with Gasteiger partial charge in [0.2, 0.25) is 16.0 Å². The predicted octanol–water partition coefficient (Wildman–Crippen LogP) is 0.772. The maximum absolute atomic E-state index is 12.3. The highest BCUT2D eigenvalue weighted by Crippen LogP contribution is 2.32. The Hall–Kier alpha value is -1.62. The molecule has 0 saturated heterocycles. The lowest BCUT2D eigenvalue weighted by Gasteiger charge is -1.97. The van der Waals surface area contributed by atoms with Crippen LogP contribution in [-0.2, 0) is 6.18 Å². The van der Waals surface area contributed by atoms with Gasteiger partial charge in [0.15, 0.2) is 0 Å². The maximum Gasteiger partial charge on any atom is 0.445 e. The molecule has 2 rings (SSSR count). The molecule has 0 atom stereocenters. The van der Waals surface area contributed by atoms with Gasteiger partial charge in [-0.15, -0.1) is 15.3 Å². The van der Waals surface area contributed by atoms with Crippen LogP contribution in [0.1, 0.15) is 10.8 Å². The first-order valence-electron chi connectivity index (χ1n) is 4.00. The van der Waals surface area contributed by atoms with E-state index in [9.17, 15) is 13.2 Å². The summed E-state index contributed by atoms with van der Waals surface area (Å²) in [6.45, 7) is 0. The van der Waals surface area contributed by atoms with Crippen molar-refractivity contribution in [3.05, 3.63) is 17.2 Å². The van der Waals surface area contributed by atoms with Crippen molar-refractivity contribution in [3.8, 4) is 5.13 Å². The number of nitrogens with two attached hydrogens (primary N) is 1. The van der Waals surface area contributed by atoms with Crippen LogP contribution in [0.15, 0.2) is 6.33 Å². The SMILES string of the molecule is NC(=S)c1ncn(-c2nnc(C(F)(F)F)s2)n1. The average molecular weight is 280 g/mol. The molecule has 11 heteroatoms. The molecular weight excluding hydrogens is 277 g/mol. The number of halogens is 3. The van der Waals surface area contributed by atoms with E-state index in [1.807, 2.05) is 0 Å². The Labute approximate surface area is 101 Å². The summed E-state index contributed by atoms with van der Waals surface area (Å²) >= 11 is 4.96. The van der Waals surface area contributed by atoms with Crippen molar-refractivity contribution >= 4 is 28.5 Å². The molecule has 0 aromatic carbocycles. The molecule has 0 aliphatic heterocycles. The Bertz CT molecular complexity index is 558. The zero-order chi connectivity index (χ0) is 12.6. The van der Waals surface area contributed by atoms with Crippen molar-refractivity contribution in [3.63, 3.8) is 0 Å². The van der Waals surface area contributed by atoms with Crippen LogP contribution in [0.2, 0.25) is 0 Å². The van der Waals surface area contributed by atoms with Crippen molar-refractivity contribution in [2.45, 2.75) is 6.18 Å². The van der Waals surface area contributed by atoms with Crippen LogP contribution in [0.25, 0.3) is 5.13 Å². The van der Waals surface area contributed by atoms with Gasteiger partial charge in [-0.05, 0) is 0 Å². The van der Waals surface area contributed by atoms with E-state index >= 15 is 0 Å². The summed E-state index contributed by atoms with van der Waals surface area (Å²) in [6.07, 6.45) is -3.36. The number of aromatic nitrogens is 5. The molecule has 0 fully saturated rings. The van der Waals surface area contributed by atoms with Gasteiger partial charge in [-0.2, -0.15) is 17.9 Å².